The van der Waals surface area contributed by atoms with Crippen LogP contribution in [0.15, 0.2) is 70.9 Å². The van der Waals surface area contributed by atoms with Gasteiger partial charge in [0, 0.05) is 65.7 Å². The van der Waals surface area contributed by atoms with Crippen LogP contribution in [0.1, 0.15) is 136 Å². The molecule has 310 valence electrons. The van der Waals surface area contributed by atoms with Crippen LogP contribution in [0.25, 0.3) is 0 Å². The van der Waals surface area contributed by atoms with Crippen molar-refractivity contribution in [3.8, 4) is 0 Å². The summed E-state index contributed by atoms with van der Waals surface area (Å²) < 4.78 is 1.79. The van der Waals surface area contributed by atoms with E-state index in [1.165, 1.54) is 50.2 Å². The summed E-state index contributed by atoms with van der Waals surface area (Å²) in [4.78, 5) is 38.2. The van der Waals surface area contributed by atoms with Crippen molar-refractivity contribution in [2.24, 2.45) is 0 Å². The number of aromatic nitrogens is 5. The van der Waals surface area contributed by atoms with Crippen molar-refractivity contribution >= 4 is 0 Å². The van der Waals surface area contributed by atoms with Crippen LogP contribution in [0.5, 0.6) is 0 Å². The topological polar surface area (TPSA) is 93.5 Å². The molecule has 0 aliphatic rings. The van der Waals surface area contributed by atoms with Gasteiger partial charge < -0.3 is 33.5 Å². The van der Waals surface area contributed by atoms with E-state index in [9.17, 15) is 9.59 Å². The minimum atomic E-state index is 0. The SMILES string of the molecule is C.CCc1c[nH]c(=O)c(CC)c1.CCc1cc(C)cnc1C.CCc1cc(CC)c(=O)n(CC)c1.CCc1cnc(C)c(CC)c1.Cc1cnc(C)c(C)c1.[I-]. The lowest BCUT2D eigenvalue weighted by molar-refractivity contribution is -0.0000128. The largest absolute Gasteiger partial charge is 1.00 e. The van der Waals surface area contributed by atoms with Gasteiger partial charge in [-0.05, 0) is 150 Å². The van der Waals surface area contributed by atoms with Gasteiger partial charge in [0.15, 0.2) is 0 Å². The zero-order chi connectivity index (χ0) is 40.8. The van der Waals surface area contributed by atoms with Crippen LogP contribution in [-0.4, -0.2) is 24.5 Å². The minimum absolute atomic E-state index is 0. The molecule has 0 amide bonds. The molecule has 7 nitrogen and oxygen atoms in total. The first-order chi connectivity index (χ1) is 25.7. The van der Waals surface area contributed by atoms with Gasteiger partial charge >= 0.3 is 0 Å². The Bertz CT molecular complexity index is 1950. The van der Waals surface area contributed by atoms with E-state index >= 15 is 0 Å². The molecule has 0 aliphatic carbocycles. The van der Waals surface area contributed by atoms with E-state index in [-0.39, 0.29) is 42.5 Å². The average molecular weight is 879 g/mol. The highest BCUT2D eigenvalue weighted by atomic mass is 127. The smallest absolute Gasteiger partial charge is 0.253 e. The molecule has 0 saturated heterocycles. The van der Waals surface area contributed by atoms with E-state index in [4.69, 9.17) is 0 Å². The number of hydrogen-bond donors (Lipinski definition) is 1. The third-order valence-corrected chi connectivity index (χ3v) is 9.40. The molecule has 5 rings (SSSR count). The second-order valence-electron chi connectivity index (χ2n) is 13.6. The Hall–Kier alpha value is -3.92. The molecule has 8 heteroatoms. The molecule has 5 aromatic heterocycles. The molecule has 0 aromatic carbocycles. The van der Waals surface area contributed by atoms with Crippen LogP contribution in [0.2, 0.25) is 0 Å². The quantitative estimate of drug-likeness (QED) is 0.160. The van der Waals surface area contributed by atoms with Gasteiger partial charge in [0.2, 0.25) is 0 Å². The van der Waals surface area contributed by atoms with Crippen molar-refractivity contribution in [2.75, 3.05) is 0 Å². The van der Waals surface area contributed by atoms with E-state index in [1.54, 1.807) is 10.8 Å². The first-order valence-electron chi connectivity index (χ1n) is 19.9. The van der Waals surface area contributed by atoms with E-state index in [0.29, 0.717) is 0 Å². The highest BCUT2D eigenvalue weighted by Crippen LogP contribution is 2.09. The van der Waals surface area contributed by atoms with Crippen LogP contribution in [0.4, 0.5) is 0 Å². The Morgan fingerprint density at radius 1 is 0.518 bits per heavy atom. The summed E-state index contributed by atoms with van der Waals surface area (Å²) in [5.74, 6) is 0. The minimum Gasteiger partial charge on any atom is -1.00 e. The van der Waals surface area contributed by atoms with Gasteiger partial charge in [-0.3, -0.25) is 24.5 Å². The molecule has 5 aromatic rings. The summed E-state index contributed by atoms with van der Waals surface area (Å²) in [6.07, 6.45) is 16.4. The van der Waals surface area contributed by atoms with Crippen molar-refractivity contribution in [3.05, 3.63) is 155 Å². The molecular weight excluding hydrogens is 805 g/mol. The molecule has 56 heavy (non-hydrogen) atoms. The number of nitrogens with one attached hydrogen (secondary N) is 1. The molecule has 1 N–H and O–H groups in total. The fraction of sp³-hybridized carbons (Fsp3) is 0.479. The summed E-state index contributed by atoms with van der Waals surface area (Å²) in [6, 6.07) is 10.6. The summed E-state index contributed by atoms with van der Waals surface area (Å²) in [7, 11) is 0. The van der Waals surface area contributed by atoms with Crippen molar-refractivity contribution in [1.82, 2.24) is 24.5 Å². The van der Waals surface area contributed by atoms with E-state index in [0.717, 1.165) is 74.0 Å². The summed E-state index contributed by atoms with van der Waals surface area (Å²) in [5.41, 5.74) is 15.8. The summed E-state index contributed by atoms with van der Waals surface area (Å²) in [6.45, 7) is 29.8. The second-order valence-corrected chi connectivity index (χ2v) is 13.6. The Morgan fingerprint density at radius 3 is 1.41 bits per heavy atom. The number of hydrogen-bond acceptors (Lipinski definition) is 5. The molecule has 0 radical (unpaired) electrons. The molecule has 0 unspecified atom stereocenters. The van der Waals surface area contributed by atoms with E-state index < -0.39 is 0 Å². The normalized spacial score (nSPS) is 9.68. The van der Waals surface area contributed by atoms with Gasteiger partial charge in [0.1, 0.15) is 0 Å². The van der Waals surface area contributed by atoms with Crippen LogP contribution in [0.3, 0.4) is 0 Å². The molecular formula is C48H73IN5O2-. The maximum absolute atomic E-state index is 11.7. The fourth-order valence-corrected chi connectivity index (χ4v) is 5.52. The van der Waals surface area contributed by atoms with Crippen LogP contribution < -0.4 is 35.1 Å². The van der Waals surface area contributed by atoms with Crippen LogP contribution >= 0.6 is 0 Å². The van der Waals surface area contributed by atoms with Gasteiger partial charge in [-0.25, -0.2) is 0 Å². The van der Waals surface area contributed by atoms with Gasteiger partial charge in [0.25, 0.3) is 11.1 Å². The van der Waals surface area contributed by atoms with Crippen molar-refractivity contribution < 1.29 is 24.0 Å². The van der Waals surface area contributed by atoms with E-state index in [1.807, 2.05) is 64.6 Å². The number of nitrogens with zero attached hydrogens (tertiary/aromatic N) is 4. The highest BCUT2D eigenvalue weighted by molar-refractivity contribution is 5.25. The fourth-order valence-electron chi connectivity index (χ4n) is 5.52. The van der Waals surface area contributed by atoms with Gasteiger partial charge in [0.05, 0.1) is 0 Å². The lowest BCUT2D eigenvalue weighted by atomic mass is 10.1. The third-order valence-electron chi connectivity index (χ3n) is 9.40. The van der Waals surface area contributed by atoms with Crippen LogP contribution in [-0.2, 0) is 51.5 Å². The van der Waals surface area contributed by atoms with Gasteiger partial charge in [-0.2, -0.15) is 0 Å². The predicted octanol–water partition coefficient (Wildman–Crippen LogP) is 7.92. The molecule has 0 aliphatic heterocycles. The van der Waals surface area contributed by atoms with Gasteiger partial charge in [-0.1, -0.05) is 74.1 Å². The zero-order valence-corrected chi connectivity index (χ0v) is 38.6. The highest BCUT2D eigenvalue weighted by Gasteiger charge is 2.03. The zero-order valence-electron chi connectivity index (χ0n) is 36.4. The lowest BCUT2D eigenvalue weighted by Crippen LogP contribution is -3.00. The maximum Gasteiger partial charge on any atom is 0.253 e. The molecule has 0 spiro atoms. The summed E-state index contributed by atoms with van der Waals surface area (Å²) in [5, 5.41) is 0. The van der Waals surface area contributed by atoms with Crippen LogP contribution in [0, 0.1) is 41.5 Å². The number of aryl methyl sites for hydroxylation is 14. The number of aromatic amines is 1. The predicted molar refractivity (Wildman–Crippen MR) is 237 cm³/mol. The molecule has 0 bridgehead atoms. The van der Waals surface area contributed by atoms with E-state index in [2.05, 4.69) is 107 Å². The molecule has 0 saturated carbocycles. The summed E-state index contributed by atoms with van der Waals surface area (Å²) >= 11 is 0. The molecule has 5 heterocycles. The van der Waals surface area contributed by atoms with Crippen molar-refractivity contribution in [2.45, 2.75) is 156 Å². The lowest BCUT2D eigenvalue weighted by Gasteiger charge is -2.07. The van der Waals surface area contributed by atoms with Crippen molar-refractivity contribution in [3.63, 3.8) is 0 Å². The first-order valence-corrected chi connectivity index (χ1v) is 19.9. The second kappa shape index (κ2) is 29.3. The Kier molecular flexibility index (Phi) is 28.4. The Balaban J connectivity index is 0. The molecule has 0 atom stereocenters. The monoisotopic (exact) mass is 878 g/mol. The standard InChI is InChI=1S/C11H17NO.C10H15N.C9H13NO.C9H13N.C8H11N.CH4.HI/c1-4-9-7-10(5-2)11(13)12(6-3)8-9;1-4-9-6-10(5-2)8(3)11-7-9;1-3-7-5-8(4-2)9(11)10-6-7;1-4-9-5-7(2)6-10-8(9)3;1-6-4-7(2)8(3)9-5-6;;/h7-8H,4-6H2,1-3H3;6-7H,4-5H2,1-3H3;5-6H,3-4H2,1-2H3,(H,10,11);5-6H,4H2,1-3H3;4-5H,1-3H3;1H4;1H/p-1. The van der Waals surface area contributed by atoms with Gasteiger partial charge in [-0.15, -0.1) is 0 Å². The third kappa shape index (κ3) is 18.8. The maximum atomic E-state index is 11.7. The Labute approximate surface area is 357 Å². The number of H-pyrrole nitrogens is 1. The number of rotatable bonds is 8. The Morgan fingerprint density at radius 2 is 0.964 bits per heavy atom. The van der Waals surface area contributed by atoms with Crippen molar-refractivity contribution in [1.29, 1.82) is 0 Å². The first kappa shape index (κ1) is 54.2. The average Bonchev–Trinajstić information content (AvgIpc) is 3.18. The molecule has 0 fully saturated rings. The number of pyridine rings is 5. The number of halogens is 1.